The van der Waals surface area contributed by atoms with E-state index >= 15 is 0 Å². The Balaban J connectivity index is 2.06. The Morgan fingerprint density at radius 3 is 2.75 bits per heavy atom. The van der Waals surface area contributed by atoms with Gasteiger partial charge in [0.2, 0.25) is 0 Å². The number of hydrogen-bond donors (Lipinski definition) is 0. The number of rotatable bonds is 4. The highest BCUT2D eigenvalue weighted by molar-refractivity contribution is 6.32. The van der Waals surface area contributed by atoms with Crippen molar-refractivity contribution in [2.75, 3.05) is 18.5 Å². The second-order valence-corrected chi connectivity index (χ2v) is 5.08. The summed E-state index contributed by atoms with van der Waals surface area (Å²) >= 11 is 11.8. The van der Waals surface area contributed by atoms with E-state index in [0.717, 1.165) is 24.0 Å². The average molecular weight is 259 g/mol. The molecular formula is C12H16Cl2N2. The van der Waals surface area contributed by atoms with Gasteiger partial charge >= 0.3 is 0 Å². The van der Waals surface area contributed by atoms with Gasteiger partial charge in [0, 0.05) is 13.6 Å². The molecule has 0 spiro atoms. The van der Waals surface area contributed by atoms with Crippen LogP contribution < -0.4 is 4.90 Å². The summed E-state index contributed by atoms with van der Waals surface area (Å²) in [4.78, 5) is 6.65. The highest BCUT2D eigenvalue weighted by atomic mass is 35.5. The third-order valence-electron chi connectivity index (χ3n) is 3.18. The van der Waals surface area contributed by atoms with Gasteiger partial charge in [0.1, 0.15) is 5.82 Å². The second kappa shape index (κ2) is 5.24. The van der Waals surface area contributed by atoms with Crippen molar-refractivity contribution in [3.63, 3.8) is 0 Å². The molecule has 1 aliphatic carbocycles. The van der Waals surface area contributed by atoms with Gasteiger partial charge in [-0.2, -0.15) is 0 Å². The molecule has 1 fully saturated rings. The first-order valence-corrected chi connectivity index (χ1v) is 6.54. The van der Waals surface area contributed by atoms with Crippen LogP contribution in [-0.4, -0.2) is 18.6 Å². The van der Waals surface area contributed by atoms with Crippen LogP contribution in [-0.2, 0) is 5.88 Å². The molecule has 1 aromatic rings. The van der Waals surface area contributed by atoms with Gasteiger partial charge in [0.05, 0.1) is 16.6 Å². The normalized spacial score (nSPS) is 15.9. The summed E-state index contributed by atoms with van der Waals surface area (Å²) in [5, 5.41) is 0.649. The van der Waals surface area contributed by atoms with E-state index in [1.165, 1.54) is 19.3 Å². The molecule has 88 valence electrons. The molecule has 0 aromatic carbocycles. The molecule has 0 aliphatic heterocycles. The minimum absolute atomic E-state index is 0.365. The lowest BCUT2D eigenvalue weighted by molar-refractivity contribution is 0.321. The maximum absolute atomic E-state index is 5.98. The SMILES string of the molecule is CN(CC1CCC1)c1ccc(Cl)c(CCl)n1. The summed E-state index contributed by atoms with van der Waals surface area (Å²) in [6.07, 6.45) is 4.07. The molecule has 2 nitrogen and oxygen atoms in total. The number of anilines is 1. The Labute approximate surface area is 107 Å². The minimum Gasteiger partial charge on any atom is -0.359 e. The molecule has 1 aliphatic rings. The van der Waals surface area contributed by atoms with E-state index in [2.05, 4.69) is 16.9 Å². The molecule has 4 heteroatoms. The quantitative estimate of drug-likeness (QED) is 0.766. The standard InChI is InChI=1S/C12H16Cl2N2/c1-16(8-9-3-2-4-9)12-6-5-10(14)11(7-13)15-12/h5-6,9H,2-4,7-8H2,1H3. The highest BCUT2D eigenvalue weighted by Gasteiger charge is 2.19. The molecule has 1 aromatic heterocycles. The molecule has 2 rings (SSSR count). The maximum Gasteiger partial charge on any atom is 0.128 e. The predicted octanol–water partition coefficient (Wildman–Crippen LogP) is 3.71. The zero-order chi connectivity index (χ0) is 11.5. The van der Waals surface area contributed by atoms with Gasteiger partial charge in [-0.25, -0.2) is 4.98 Å². The highest BCUT2D eigenvalue weighted by Crippen LogP contribution is 2.28. The van der Waals surface area contributed by atoms with E-state index < -0.39 is 0 Å². The zero-order valence-electron chi connectivity index (χ0n) is 9.42. The maximum atomic E-state index is 5.98. The molecule has 1 saturated carbocycles. The van der Waals surface area contributed by atoms with Gasteiger partial charge in [0.25, 0.3) is 0 Å². The van der Waals surface area contributed by atoms with Gasteiger partial charge in [-0.05, 0) is 30.9 Å². The smallest absolute Gasteiger partial charge is 0.128 e. The van der Waals surface area contributed by atoms with Gasteiger partial charge in [-0.1, -0.05) is 18.0 Å². The number of aromatic nitrogens is 1. The number of alkyl halides is 1. The fourth-order valence-corrected chi connectivity index (χ4v) is 2.38. The lowest BCUT2D eigenvalue weighted by Crippen LogP contribution is -2.29. The third-order valence-corrected chi connectivity index (χ3v) is 3.78. The molecular weight excluding hydrogens is 243 g/mol. The van der Waals surface area contributed by atoms with Crippen molar-refractivity contribution in [1.29, 1.82) is 0 Å². The third kappa shape index (κ3) is 2.61. The lowest BCUT2D eigenvalue weighted by Gasteiger charge is -2.30. The van der Waals surface area contributed by atoms with E-state index in [-0.39, 0.29) is 0 Å². The van der Waals surface area contributed by atoms with Crippen molar-refractivity contribution >= 4 is 29.0 Å². The van der Waals surface area contributed by atoms with Crippen molar-refractivity contribution in [3.8, 4) is 0 Å². The van der Waals surface area contributed by atoms with E-state index in [1.54, 1.807) is 0 Å². The second-order valence-electron chi connectivity index (χ2n) is 4.41. The van der Waals surface area contributed by atoms with Crippen LogP contribution in [0.3, 0.4) is 0 Å². The zero-order valence-corrected chi connectivity index (χ0v) is 10.9. The van der Waals surface area contributed by atoms with Crippen molar-refractivity contribution < 1.29 is 0 Å². The van der Waals surface area contributed by atoms with Crippen LogP contribution in [0.5, 0.6) is 0 Å². The fourth-order valence-electron chi connectivity index (χ4n) is 1.94. The molecule has 0 atom stereocenters. The Hall–Kier alpha value is -0.470. The monoisotopic (exact) mass is 258 g/mol. The largest absolute Gasteiger partial charge is 0.359 e. The fraction of sp³-hybridized carbons (Fsp3) is 0.583. The Kier molecular flexibility index (Phi) is 3.93. The van der Waals surface area contributed by atoms with Crippen LogP contribution in [0, 0.1) is 5.92 Å². The molecule has 0 saturated heterocycles. The lowest BCUT2D eigenvalue weighted by atomic mass is 9.85. The van der Waals surface area contributed by atoms with E-state index in [0.29, 0.717) is 10.9 Å². The van der Waals surface area contributed by atoms with E-state index in [1.807, 2.05) is 12.1 Å². The van der Waals surface area contributed by atoms with Crippen LogP contribution in [0.1, 0.15) is 25.0 Å². The Morgan fingerprint density at radius 1 is 1.44 bits per heavy atom. The van der Waals surface area contributed by atoms with Gasteiger partial charge < -0.3 is 4.90 Å². The summed E-state index contributed by atoms with van der Waals surface area (Å²) in [6.45, 7) is 1.08. The predicted molar refractivity (Wildman–Crippen MR) is 69.4 cm³/mol. The van der Waals surface area contributed by atoms with Crippen LogP contribution in [0.25, 0.3) is 0 Å². The van der Waals surface area contributed by atoms with E-state index in [4.69, 9.17) is 23.2 Å². The summed E-state index contributed by atoms with van der Waals surface area (Å²) < 4.78 is 0. The summed E-state index contributed by atoms with van der Waals surface area (Å²) in [5.74, 6) is 2.16. The molecule has 0 amide bonds. The molecule has 0 N–H and O–H groups in total. The van der Waals surface area contributed by atoms with Gasteiger partial charge in [0.15, 0.2) is 0 Å². The van der Waals surface area contributed by atoms with Crippen molar-refractivity contribution in [1.82, 2.24) is 4.98 Å². The van der Waals surface area contributed by atoms with Crippen LogP contribution in [0.2, 0.25) is 5.02 Å². The summed E-state index contributed by atoms with van der Waals surface area (Å²) in [7, 11) is 2.08. The molecule has 1 heterocycles. The number of halogens is 2. The van der Waals surface area contributed by atoms with Crippen molar-refractivity contribution in [3.05, 3.63) is 22.8 Å². The summed E-state index contributed by atoms with van der Waals surface area (Å²) in [6, 6.07) is 3.83. The minimum atomic E-state index is 0.365. The van der Waals surface area contributed by atoms with Crippen molar-refractivity contribution in [2.24, 2.45) is 5.92 Å². The number of hydrogen-bond acceptors (Lipinski definition) is 2. The van der Waals surface area contributed by atoms with Gasteiger partial charge in [-0.15, -0.1) is 11.6 Å². The van der Waals surface area contributed by atoms with Crippen LogP contribution in [0.15, 0.2) is 12.1 Å². The van der Waals surface area contributed by atoms with Crippen LogP contribution >= 0.6 is 23.2 Å². The van der Waals surface area contributed by atoms with Crippen molar-refractivity contribution in [2.45, 2.75) is 25.1 Å². The molecule has 0 bridgehead atoms. The topological polar surface area (TPSA) is 16.1 Å². The first kappa shape index (κ1) is 12.0. The molecule has 0 unspecified atom stereocenters. The number of pyridine rings is 1. The first-order chi connectivity index (χ1) is 7.70. The Bertz CT molecular complexity index is 364. The first-order valence-electron chi connectivity index (χ1n) is 5.63. The molecule has 16 heavy (non-hydrogen) atoms. The van der Waals surface area contributed by atoms with E-state index in [9.17, 15) is 0 Å². The average Bonchev–Trinajstić information content (AvgIpc) is 2.24. The number of nitrogens with zero attached hydrogens (tertiary/aromatic N) is 2. The van der Waals surface area contributed by atoms with Gasteiger partial charge in [-0.3, -0.25) is 0 Å². The van der Waals surface area contributed by atoms with Crippen LogP contribution in [0.4, 0.5) is 5.82 Å². The summed E-state index contributed by atoms with van der Waals surface area (Å²) in [5.41, 5.74) is 0.765. The Morgan fingerprint density at radius 2 is 2.19 bits per heavy atom. The molecule has 0 radical (unpaired) electrons.